The van der Waals surface area contributed by atoms with E-state index in [1.54, 1.807) is 17.2 Å². The Morgan fingerprint density at radius 2 is 2.35 bits per heavy atom. The van der Waals surface area contributed by atoms with Gasteiger partial charge in [-0.15, -0.1) is 0 Å². The molecule has 0 saturated carbocycles. The maximum atomic E-state index is 12.2. The normalized spacial score (nSPS) is 16.4. The Morgan fingerprint density at radius 1 is 1.47 bits per heavy atom. The van der Waals surface area contributed by atoms with E-state index in [2.05, 4.69) is 10.3 Å². The van der Waals surface area contributed by atoms with E-state index in [1.807, 2.05) is 13.1 Å². The average Bonchev–Trinajstić information content (AvgIpc) is 2.67. The van der Waals surface area contributed by atoms with E-state index in [9.17, 15) is 4.79 Å². The first kappa shape index (κ1) is 11.9. The van der Waals surface area contributed by atoms with Crippen molar-refractivity contribution in [3.63, 3.8) is 0 Å². The van der Waals surface area contributed by atoms with Gasteiger partial charge in [0.15, 0.2) is 0 Å². The zero-order valence-corrected chi connectivity index (χ0v) is 9.98. The highest BCUT2D eigenvalue weighted by Crippen LogP contribution is 2.10. The van der Waals surface area contributed by atoms with E-state index >= 15 is 0 Å². The Kier molecular flexibility index (Phi) is 3.93. The molecule has 92 valence electrons. The number of amides is 1. The van der Waals surface area contributed by atoms with Gasteiger partial charge in [-0.3, -0.25) is 9.78 Å². The molecule has 2 heterocycles. The summed E-state index contributed by atoms with van der Waals surface area (Å²) < 4.78 is 5.33. The van der Waals surface area contributed by atoms with Crippen LogP contribution in [0.1, 0.15) is 16.9 Å². The van der Waals surface area contributed by atoms with E-state index in [4.69, 9.17) is 4.74 Å². The van der Waals surface area contributed by atoms with Gasteiger partial charge in [0.2, 0.25) is 0 Å². The number of aromatic nitrogens is 1. The molecule has 5 nitrogen and oxygen atoms in total. The molecule has 0 radical (unpaired) electrons. The van der Waals surface area contributed by atoms with Crippen LogP contribution in [-0.4, -0.2) is 49.1 Å². The zero-order chi connectivity index (χ0) is 12.1. The van der Waals surface area contributed by atoms with Crippen LogP contribution in [0.4, 0.5) is 5.69 Å². The molecule has 0 spiro atoms. The number of hydrogen-bond acceptors (Lipinski definition) is 4. The first-order valence-electron chi connectivity index (χ1n) is 5.82. The number of rotatable bonds is 2. The number of ether oxygens (including phenoxy) is 1. The average molecular weight is 235 g/mol. The fourth-order valence-electron chi connectivity index (χ4n) is 1.81. The van der Waals surface area contributed by atoms with Crippen LogP contribution in [0, 0.1) is 0 Å². The number of carbonyl (C=O) groups is 1. The highest BCUT2D eigenvalue weighted by molar-refractivity contribution is 5.93. The summed E-state index contributed by atoms with van der Waals surface area (Å²) in [5.74, 6) is -0.0207. The molecule has 0 unspecified atom stereocenters. The predicted molar refractivity (Wildman–Crippen MR) is 65.1 cm³/mol. The van der Waals surface area contributed by atoms with Crippen molar-refractivity contribution in [3.05, 3.63) is 24.0 Å². The van der Waals surface area contributed by atoms with Gasteiger partial charge in [-0.05, 0) is 18.6 Å². The summed E-state index contributed by atoms with van der Waals surface area (Å²) in [6, 6.07) is 3.61. The summed E-state index contributed by atoms with van der Waals surface area (Å²) in [5, 5.41) is 3.00. The van der Waals surface area contributed by atoms with Crippen LogP contribution < -0.4 is 5.32 Å². The van der Waals surface area contributed by atoms with Gasteiger partial charge in [-0.2, -0.15) is 0 Å². The number of nitrogens with zero attached hydrogens (tertiary/aromatic N) is 2. The van der Waals surface area contributed by atoms with Gasteiger partial charge in [0.25, 0.3) is 5.91 Å². The van der Waals surface area contributed by atoms with Crippen molar-refractivity contribution in [2.45, 2.75) is 6.42 Å². The Morgan fingerprint density at radius 3 is 3.18 bits per heavy atom. The Balaban J connectivity index is 2.11. The molecule has 5 heteroatoms. The lowest BCUT2D eigenvalue weighted by molar-refractivity contribution is 0.0735. The predicted octanol–water partition coefficient (Wildman–Crippen LogP) is 0.986. The van der Waals surface area contributed by atoms with E-state index in [0.29, 0.717) is 18.8 Å². The minimum Gasteiger partial charge on any atom is -0.388 e. The molecule has 17 heavy (non-hydrogen) atoms. The van der Waals surface area contributed by atoms with Crippen molar-refractivity contribution in [1.29, 1.82) is 0 Å². The molecule has 0 bridgehead atoms. The smallest absolute Gasteiger partial charge is 0.272 e. The molecule has 0 aliphatic carbocycles. The fourth-order valence-corrected chi connectivity index (χ4v) is 1.81. The summed E-state index contributed by atoms with van der Waals surface area (Å²) in [6.07, 6.45) is 2.53. The molecule has 1 aliphatic heterocycles. The molecule has 1 N–H and O–H groups in total. The Hall–Kier alpha value is -1.62. The Labute approximate surface area is 101 Å². The number of pyridine rings is 1. The number of anilines is 1. The van der Waals surface area contributed by atoms with E-state index in [1.165, 1.54) is 0 Å². The van der Waals surface area contributed by atoms with Crippen molar-refractivity contribution in [1.82, 2.24) is 9.88 Å². The van der Waals surface area contributed by atoms with Crippen molar-refractivity contribution >= 4 is 11.6 Å². The first-order chi connectivity index (χ1) is 8.31. The molecule has 1 saturated heterocycles. The first-order valence-corrected chi connectivity index (χ1v) is 5.82. The van der Waals surface area contributed by atoms with Gasteiger partial charge in [0.05, 0.1) is 6.61 Å². The molecule has 0 aromatic carbocycles. The third-order valence-corrected chi connectivity index (χ3v) is 2.78. The van der Waals surface area contributed by atoms with E-state index in [0.717, 1.165) is 25.3 Å². The number of carbonyl (C=O) groups excluding carboxylic acids is 1. The summed E-state index contributed by atoms with van der Waals surface area (Å²) >= 11 is 0. The van der Waals surface area contributed by atoms with Crippen LogP contribution >= 0.6 is 0 Å². The second kappa shape index (κ2) is 5.63. The van der Waals surface area contributed by atoms with Gasteiger partial charge >= 0.3 is 0 Å². The summed E-state index contributed by atoms with van der Waals surface area (Å²) in [7, 11) is 1.82. The molecule has 0 atom stereocenters. The molecule has 1 fully saturated rings. The number of hydrogen-bond donors (Lipinski definition) is 1. The second-order valence-corrected chi connectivity index (χ2v) is 3.94. The lowest BCUT2D eigenvalue weighted by atomic mass is 10.2. The van der Waals surface area contributed by atoms with E-state index in [-0.39, 0.29) is 5.91 Å². The minimum atomic E-state index is -0.0207. The maximum Gasteiger partial charge on any atom is 0.272 e. The molecule has 1 aliphatic rings. The van der Waals surface area contributed by atoms with E-state index < -0.39 is 0 Å². The second-order valence-electron chi connectivity index (χ2n) is 3.94. The quantitative estimate of drug-likeness (QED) is 0.830. The zero-order valence-electron chi connectivity index (χ0n) is 9.98. The highest BCUT2D eigenvalue weighted by Gasteiger charge is 2.18. The molecular formula is C12H17N3O2. The maximum absolute atomic E-state index is 12.2. The monoisotopic (exact) mass is 235 g/mol. The van der Waals surface area contributed by atoms with Crippen molar-refractivity contribution in [2.24, 2.45) is 0 Å². The van der Waals surface area contributed by atoms with Gasteiger partial charge in [0.1, 0.15) is 5.69 Å². The fraction of sp³-hybridized carbons (Fsp3) is 0.500. The van der Waals surface area contributed by atoms with Crippen molar-refractivity contribution < 1.29 is 9.53 Å². The minimum absolute atomic E-state index is 0.0207. The summed E-state index contributed by atoms with van der Waals surface area (Å²) in [4.78, 5) is 18.1. The Bertz CT molecular complexity index is 387. The number of nitrogens with one attached hydrogen (secondary N) is 1. The van der Waals surface area contributed by atoms with Gasteiger partial charge in [0, 0.05) is 38.6 Å². The van der Waals surface area contributed by atoms with Crippen LogP contribution in [0.3, 0.4) is 0 Å². The van der Waals surface area contributed by atoms with Crippen LogP contribution in [0.2, 0.25) is 0 Å². The summed E-state index contributed by atoms with van der Waals surface area (Å²) in [5.41, 5.74) is 1.38. The third kappa shape index (κ3) is 2.94. The molecule has 1 aromatic heterocycles. The largest absolute Gasteiger partial charge is 0.388 e. The van der Waals surface area contributed by atoms with Crippen LogP contribution in [-0.2, 0) is 4.74 Å². The van der Waals surface area contributed by atoms with Gasteiger partial charge in [-0.25, -0.2) is 0 Å². The van der Waals surface area contributed by atoms with Crippen LogP contribution in [0.15, 0.2) is 18.3 Å². The van der Waals surface area contributed by atoms with Crippen LogP contribution in [0.25, 0.3) is 0 Å². The lowest BCUT2D eigenvalue weighted by Gasteiger charge is -2.19. The molecular weight excluding hydrogens is 218 g/mol. The molecule has 2 rings (SSSR count). The topological polar surface area (TPSA) is 54.5 Å². The lowest BCUT2D eigenvalue weighted by Crippen LogP contribution is -2.33. The highest BCUT2D eigenvalue weighted by atomic mass is 16.5. The standard InChI is InChI=1S/C12H17N3O2/c1-13-10-3-4-14-11(9-10)12(16)15-5-2-7-17-8-6-15/h3-4,9H,2,5-8H2,1H3,(H,13,14). The van der Waals surface area contributed by atoms with Crippen molar-refractivity contribution in [2.75, 3.05) is 38.7 Å². The summed E-state index contributed by atoms with van der Waals surface area (Å²) in [6.45, 7) is 2.72. The van der Waals surface area contributed by atoms with Gasteiger partial charge in [-0.1, -0.05) is 0 Å². The molecule has 1 aromatic rings. The third-order valence-electron chi connectivity index (χ3n) is 2.78. The SMILES string of the molecule is CNc1ccnc(C(=O)N2CCCOCC2)c1. The molecule has 1 amide bonds. The van der Waals surface area contributed by atoms with Crippen molar-refractivity contribution in [3.8, 4) is 0 Å². The van der Waals surface area contributed by atoms with Gasteiger partial charge < -0.3 is 15.0 Å². The van der Waals surface area contributed by atoms with Crippen LogP contribution in [0.5, 0.6) is 0 Å².